The Labute approximate surface area is 190 Å². The van der Waals surface area contributed by atoms with E-state index in [0.29, 0.717) is 35.7 Å². The van der Waals surface area contributed by atoms with Gasteiger partial charge in [-0.1, -0.05) is 24.4 Å². The molecule has 164 valence electrons. The Morgan fingerprint density at radius 1 is 1.13 bits per heavy atom. The minimum atomic E-state index is -0.871. The van der Waals surface area contributed by atoms with E-state index in [1.165, 1.54) is 11.1 Å². The van der Waals surface area contributed by atoms with Crippen LogP contribution in [0.1, 0.15) is 64.2 Å². The number of Topliss-reactive ketones (excluding diaryl/α,β-unsaturated/α-hetero) is 1. The molecule has 1 fully saturated rings. The molecule has 0 bridgehead atoms. The van der Waals surface area contributed by atoms with Crippen molar-refractivity contribution in [1.29, 1.82) is 0 Å². The van der Waals surface area contributed by atoms with Crippen molar-refractivity contribution in [3.05, 3.63) is 44.4 Å². The number of amides is 1. The number of carbonyl (C=O) groups is 3. The number of carboxylic acids is 1. The molecule has 2 unspecified atom stereocenters. The fourth-order valence-corrected chi connectivity index (χ4v) is 6.28. The molecular formula is C23H25ClN2O4S. The molecule has 2 heterocycles. The van der Waals surface area contributed by atoms with Gasteiger partial charge >= 0.3 is 5.97 Å². The number of ketones is 1. The summed E-state index contributed by atoms with van der Waals surface area (Å²) in [7, 11) is 0. The summed E-state index contributed by atoms with van der Waals surface area (Å²) in [6.07, 6.45) is 8.10. The highest BCUT2D eigenvalue weighted by Crippen LogP contribution is 2.38. The molecule has 0 saturated heterocycles. The van der Waals surface area contributed by atoms with Gasteiger partial charge in [0.2, 0.25) is 0 Å². The van der Waals surface area contributed by atoms with Gasteiger partial charge in [0.1, 0.15) is 10.9 Å². The monoisotopic (exact) mass is 460 g/mol. The lowest BCUT2D eigenvalue weighted by molar-refractivity contribution is -0.148. The summed E-state index contributed by atoms with van der Waals surface area (Å²) in [5.41, 5.74) is 2.34. The third kappa shape index (κ3) is 4.83. The first kappa shape index (κ1) is 22.0. The minimum Gasteiger partial charge on any atom is -0.481 e. The number of aromatic nitrogens is 1. The average molecular weight is 461 g/mol. The Hall–Kier alpha value is -2.25. The average Bonchev–Trinajstić information content (AvgIpc) is 3.34. The van der Waals surface area contributed by atoms with Crippen LogP contribution in [0.2, 0.25) is 5.15 Å². The number of aliphatic carboxylic acids is 1. The van der Waals surface area contributed by atoms with Crippen LogP contribution >= 0.6 is 22.9 Å². The molecule has 0 radical (unpaired) electrons. The number of halogens is 1. The molecule has 1 amide bonds. The van der Waals surface area contributed by atoms with Crippen molar-refractivity contribution in [3.8, 4) is 0 Å². The number of nitrogens with one attached hydrogen (secondary N) is 1. The highest BCUT2D eigenvalue weighted by Gasteiger charge is 2.35. The predicted octanol–water partition coefficient (Wildman–Crippen LogP) is 4.93. The van der Waals surface area contributed by atoms with Gasteiger partial charge in [-0.05, 0) is 56.2 Å². The number of nitrogens with zero attached hydrogens (tertiary/aromatic N) is 1. The van der Waals surface area contributed by atoms with Gasteiger partial charge in [-0.25, -0.2) is 4.98 Å². The number of fused-ring (bicyclic) bond motifs is 1. The maximum absolute atomic E-state index is 13.1. The molecule has 2 atom stereocenters. The third-order valence-corrected chi connectivity index (χ3v) is 7.88. The number of carboxylic acid groups (broad SMARTS) is 1. The molecule has 6 nitrogen and oxygen atoms in total. The largest absolute Gasteiger partial charge is 0.481 e. The van der Waals surface area contributed by atoms with Gasteiger partial charge in [0.25, 0.3) is 5.91 Å². The first-order chi connectivity index (χ1) is 14.9. The zero-order valence-electron chi connectivity index (χ0n) is 17.2. The van der Waals surface area contributed by atoms with E-state index in [1.54, 1.807) is 23.5 Å². The van der Waals surface area contributed by atoms with Gasteiger partial charge in [0, 0.05) is 22.1 Å². The molecular weight excluding hydrogens is 436 g/mol. The second-order valence-corrected chi connectivity index (χ2v) is 9.86. The van der Waals surface area contributed by atoms with Crippen molar-refractivity contribution >= 4 is 46.3 Å². The van der Waals surface area contributed by atoms with Crippen molar-refractivity contribution in [3.63, 3.8) is 0 Å². The summed E-state index contributed by atoms with van der Waals surface area (Å²) in [5, 5.41) is 12.7. The SMILES string of the molecule is O=C(Nc1ccc(Cl)nc1)c1c(CCC(=O)C2CCCCC2C(=O)O)sc2c1CCC2. The van der Waals surface area contributed by atoms with Crippen LogP contribution < -0.4 is 5.32 Å². The van der Waals surface area contributed by atoms with Crippen molar-refractivity contribution < 1.29 is 19.5 Å². The number of hydrogen-bond acceptors (Lipinski definition) is 5. The fourth-order valence-electron chi connectivity index (χ4n) is 4.78. The number of hydrogen-bond donors (Lipinski definition) is 2. The molecule has 2 aromatic heterocycles. The standard InChI is InChI=1S/C23H25ClN2O4S/c24-20-11-8-13(12-25-20)26-22(28)21-16-6-3-7-18(16)31-19(21)10-9-17(27)14-4-1-2-5-15(14)23(29)30/h8,11-12,14-15H,1-7,9-10H2,(H,26,28)(H,29,30). The lowest BCUT2D eigenvalue weighted by Gasteiger charge is -2.27. The number of aryl methyl sites for hydroxylation is 2. The molecule has 2 aliphatic carbocycles. The summed E-state index contributed by atoms with van der Waals surface area (Å²) in [6.45, 7) is 0. The summed E-state index contributed by atoms with van der Waals surface area (Å²) in [6, 6.07) is 3.33. The van der Waals surface area contributed by atoms with Crippen LogP contribution in [0.3, 0.4) is 0 Å². The summed E-state index contributed by atoms with van der Waals surface area (Å²) >= 11 is 7.44. The van der Waals surface area contributed by atoms with Gasteiger partial charge in [-0.2, -0.15) is 0 Å². The summed E-state index contributed by atoms with van der Waals surface area (Å²) < 4.78 is 0. The van der Waals surface area contributed by atoms with E-state index < -0.39 is 17.8 Å². The van der Waals surface area contributed by atoms with Crippen molar-refractivity contribution in [2.45, 2.75) is 57.8 Å². The number of carbonyl (C=O) groups excluding carboxylic acids is 2. The van der Waals surface area contributed by atoms with Gasteiger partial charge in [0.05, 0.1) is 23.4 Å². The van der Waals surface area contributed by atoms with Crippen molar-refractivity contribution in [2.75, 3.05) is 5.32 Å². The van der Waals surface area contributed by atoms with Crippen LogP contribution in [0.5, 0.6) is 0 Å². The van der Waals surface area contributed by atoms with E-state index in [4.69, 9.17) is 11.6 Å². The zero-order chi connectivity index (χ0) is 22.0. The topological polar surface area (TPSA) is 96.4 Å². The van der Waals surface area contributed by atoms with Gasteiger partial charge in [-0.3, -0.25) is 14.4 Å². The molecule has 2 N–H and O–H groups in total. The smallest absolute Gasteiger partial charge is 0.307 e. The van der Waals surface area contributed by atoms with Crippen LogP contribution in [-0.2, 0) is 28.9 Å². The third-order valence-electron chi connectivity index (χ3n) is 6.30. The molecule has 8 heteroatoms. The Kier molecular flexibility index (Phi) is 6.72. The van der Waals surface area contributed by atoms with E-state index in [-0.39, 0.29) is 18.1 Å². The van der Waals surface area contributed by atoms with Crippen molar-refractivity contribution in [2.24, 2.45) is 11.8 Å². The molecule has 0 aliphatic heterocycles. The highest BCUT2D eigenvalue weighted by molar-refractivity contribution is 7.12. The number of thiophene rings is 1. The van der Waals surface area contributed by atoms with Gasteiger partial charge in [0.15, 0.2) is 0 Å². The van der Waals surface area contributed by atoms with E-state index in [1.807, 2.05) is 0 Å². The quantitative estimate of drug-likeness (QED) is 0.571. The maximum atomic E-state index is 13.1. The molecule has 1 saturated carbocycles. The van der Waals surface area contributed by atoms with E-state index in [0.717, 1.165) is 42.5 Å². The summed E-state index contributed by atoms with van der Waals surface area (Å²) in [5.74, 6) is -2.03. The Bertz CT molecular complexity index is 1000. The maximum Gasteiger partial charge on any atom is 0.307 e. The predicted molar refractivity (Wildman–Crippen MR) is 120 cm³/mol. The van der Waals surface area contributed by atoms with Crippen LogP contribution in [0.15, 0.2) is 18.3 Å². The molecule has 31 heavy (non-hydrogen) atoms. The number of rotatable bonds is 7. The lowest BCUT2D eigenvalue weighted by atomic mass is 9.76. The van der Waals surface area contributed by atoms with E-state index in [9.17, 15) is 19.5 Å². The molecule has 2 aliphatic rings. The molecule has 0 aromatic carbocycles. The minimum absolute atomic E-state index is 0.00826. The lowest BCUT2D eigenvalue weighted by Crippen LogP contribution is -2.32. The van der Waals surface area contributed by atoms with Crippen LogP contribution in [0, 0.1) is 11.8 Å². The second-order valence-electron chi connectivity index (χ2n) is 8.28. The normalized spacial score (nSPS) is 20.3. The Balaban J connectivity index is 1.50. The van der Waals surface area contributed by atoms with Crippen LogP contribution in [0.4, 0.5) is 5.69 Å². The zero-order valence-corrected chi connectivity index (χ0v) is 18.7. The van der Waals surface area contributed by atoms with Crippen LogP contribution in [0.25, 0.3) is 0 Å². The molecule has 2 aromatic rings. The number of anilines is 1. The van der Waals surface area contributed by atoms with E-state index >= 15 is 0 Å². The van der Waals surface area contributed by atoms with E-state index in [2.05, 4.69) is 10.3 Å². The van der Waals surface area contributed by atoms with Gasteiger partial charge in [-0.15, -0.1) is 11.3 Å². The molecule has 0 spiro atoms. The summed E-state index contributed by atoms with van der Waals surface area (Å²) in [4.78, 5) is 43.7. The second kappa shape index (κ2) is 9.49. The first-order valence-electron chi connectivity index (χ1n) is 10.8. The Morgan fingerprint density at radius 3 is 2.61 bits per heavy atom. The molecule has 4 rings (SSSR count). The Morgan fingerprint density at radius 2 is 1.90 bits per heavy atom. The fraction of sp³-hybridized carbons (Fsp3) is 0.478. The highest BCUT2D eigenvalue weighted by atomic mass is 35.5. The van der Waals surface area contributed by atoms with Crippen molar-refractivity contribution in [1.82, 2.24) is 4.98 Å². The van der Waals surface area contributed by atoms with Gasteiger partial charge < -0.3 is 10.4 Å². The number of pyridine rings is 1. The first-order valence-corrected chi connectivity index (χ1v) is 12.0. The van der Waals surface area contributed by atoms with Crippen LogP contribution in [-0.4, -0.2) is 27.8 Å².